The Kier molecular flexibility index (Phi) is 17.3. The maximum absolute atomic E-state index is 10.5. The largest absolute Gasteiger partial charge is 0.478 e. The van der Waals surface area contributed by atoms with Crippen molar-refractivity contribution in [1.29, 1.82) is 5.41 Å². The highest BCUT2D eigenvalue weighted by Gasteiger charge is 2.01. The van der Waals surface area contributed by atoms with Crippen molar-refractivity contribution in [2.45, 2.75) is 20.8 Å². The van der Waals surface area contributed by atoms with Crippen molar-refractivity contribution < 1.29 is 29.3 Å². The molecule has 0 spiro atoms. The van der Waals surface area contributed by atoms with Gasteiger partial charge in [0.25, 0.3) is 0 Å². The number of carbonyl (C=O) groups excluding carboxylic acids is 2. The van der Waals surface area contributed by atoms with Gasteiger partial charge in [0, 0.05) is 11.1 Å². The van der Waals surface area contributed by atoms with Gasteiger partial charge in [-0.05, 0) is 20.8 Å². The molecule has 0 saturated heterocycles. The van der Waals surface area contributed by atoms with Gasteiger partial charge in [-0.3, -0.25) is 4.89 Å². The molecule has 102 valence electrons. The van der Waals surface area contributed by atoms with E-state index in [1.807, 2.05) is 0 Å². The lowest BCUT2D eigenvalue weighted by Crippen LogP contribution is -2.05. The summed E-state index contributed by atoms with van der Waals surface area (Å²) >= 11 is 0. The molecule has 0 bridgehead atoms. The van der Waals surface area contributed by atoms with Crippen LogP contribution in [-0.2, 0) is 24.2 Å². The van der Waals surface area contributed by atoms with Crippen LogP contribution < -0.4 is 0 Å². The first-order valence-electron chi connectivity index (χ1n) is 4.66. The zero-order valence-electron chi connectivity index (χ0n) is 10.6. The monoisotopic (exact) mass is 259 g/mol. The Balaban J connectivity index is -0.000000216. The fraction of sp³-hybridized carbons (Fsp3) is 0.364. The van der Waals surface area contributed by atoms with Gasteiger partial charge in [-0.1, -0.05) is 13.2 Å². The van der Waals surface area contributed by atoms with Gasteiger partial charge in [0.2, 0.25) is 6.08 Å². The molecule has 7 heteroatoms. The minimum atomic E-state index is -0.935. The molecule has 0 heterocycles. The van der Waals surface area contributed by atoms with Crippen LogP contribution in [0.5, 0.6) is 0 Å². The van der Waals surface area contributed by atoms with E-state index in [0.29, 0.717) is 12.2 Å². The van der Waals surface area contributed by atoms with Crippen LogP contribution in [0, 0.1) is 5.41 Å². The Labute approximate surface area is 105 Å². The van der Waals surface area contributed by atoms with Crippen LogP contribution in [0.3, 0.4) is 0 Å². The molecule has 0 rings (SSSR count). The first-order valence-corrected chi connectivity index (χ1v) is 4.66. The number of carboxylic acids is 1. The SMILES string of the molecule is C=C(C)C(=O)O.C=C(C)C(=O)OOCC.N=C=O. The number of hydrogen-bond donors (Lipinski definition) is 2. The highest BCUT2D eigenvalue weighted by Crippen LogP contribution is 1.91. The van der Waals surface area contributed by atoms with Crippen LogP contribution in [0.2, 0.25) is 0 Å². The lowest BCUT2D eigenvalue weighted by Gasteiger charge is -1.97. The summed E-state index contributed by atoms with van der Waals surface area (Å²) in [5, 5.41) is 13.3. The molecule has 0 aromatic carbocycles. The third-order valence-corrected chi connectivity index (χ3v) is 0.966. The molecule has 0 fully saturated rings. The zero-order chi connectivity index (χ0) is 15.1. The van der Waals surface area contributed by atoms with E-state index in [1.165, 1.54) is 6.92 Å². The molecule has 0 saturated carbocycles. The molecule has 0 aliphatic rings. The van der Waals surface area contributed by atoms with Crippen molar-refractivity contribution in [2.75, 3.05) is 6.61 Å². The summed E-state index contributed by atoms with van der Waals surface area (Å²) in [4.78, 5) is 37.0. The number of rotatable bonds is 4. The molecule has 0 aromatic heterocycles. The van der Waals surface area contributed by atoms with Gasteiger partial charge in [0.05, 0.1) is 6.61 Å². The van der Waals surface area contributed by atoms with E-state index < -0.39 is 11.9 Å². The van der Waals surface area contributed by atoms with Crippen LogP contribution in [-0.4, -0.2) is 29.7 Å². The van der Waals surface area contributed by atoms with Crippen molar-refractivity contribution in [2.24, 2.45) is 0 Å². The van der Waals surface area contributed by atoms with E-state index in [-0.39, 0.29) is 5.57 Å². The van der Waals surface area contributed by atoms with E-state index in [4.69, 9.17) is 15.3 Å². The molecule has 0 aromatic rings. The first-order chi connectivity index (χ1) is 8.24. The number of isocyanates is 1. The van der Waals surface area contributed by atoms with E-state index in [1.54, 1.807) is 13.8 Å². The molecule has 0 radical (unpaired) electrons. The molecular weight excluding hydrogens is 242 g/mol. The second-order valence-electron chi connectivity index (χ2n) is 2.75. The lowest BCUT2D eigenvalue weighted by atomic mass is 10.4. The van der Waals surface area contributed by atoms with Gasteiger partial charge in [-0.2, -0.15) is 4.89 Å². The van der Waals surface area contributed by atoms with Crippen LogP contribution in [0.25, 0.3) is 0 Å². The maximum atomic E-state index is 10.5. The van der Waals surface area contributed by atoms with Crippen LogP contribution >= 0.6 is 0 Å². The maximum Gasteiger partial charge on any atom is 0.368 e. The predicted molar refractivity (Wildman–Crippen MR) is 63.4 cm³/mol. The van der Waals surface area contributed by atoms with Gasteiger partial charge in [-0.15, -0.1) is 0 Å². The molecule has 18 heavy (non-hydrogen) atoms. The standard InChI is InChI=1S/C6H10O3.C4H6O2.CHNO/c1-4-8-9-6(7)5(2)3;1-3(2)4(5)6;2-1-3/h2,4H2,1,3H3;1H2,2H3,(H,5,6);2H. The molecule has 0 amide bonds. The Bertz CT molecular complexity index is 316. The van der Waals surface area contributed by atoms with Crippen LogP contribution in [0.1, 0.15) is 20.8 Å². The summed E-state index contributed by atoms with van der Waals surface area (Å²) in [6.45, 7) is 11.6. The fourth-order valence-electron chi connectivity index (χ4n) is 0.184. The first kappa shape index (κ1) is 21.1. The summed E-state index contributed by atoms with van der Waals surface area (Å²) in [6, 6.07) is 0. The van der Waals surface area contributed by atoms with E-state index in [9.17, 15) is 9.59 Å². The smallest absolute Gasteiger partial charge is 0.368 e. The average molecular weight is 259 g/mol. The number of carbonyl (C=O) groups is 2. The third kappa shape index (κ3) is 23.5. The van der Waals surface area contributed by atoms with Gasteiger partial charge >= 0.3 is 11.9 Å². The van der Waals surface area contributed by atoms with E-state index in [2.05, 4.69) is 22.9 Å². The number of aliphatic carboxylic acids is 1. The summed E-state index contributed by atoms with van der Waals surface area (Å²) in [5.74, 6) is -1.45. The van der Waals surface area contributed by atoms with Crippen molar-refractivity contribution >= 4 is 18.0 Å². The normalized spacial score (nSPS) is 7.28. The quantitative estimate of drug-likeness (QED) is 0.260. The van der Waals surface area contributed by atoms with Gasteiger partial charge < -0.3 is 5.11 Å². The van der Waals surface area contributed by atoms with Gasteiger partial charge in [-0.25, -0.2) is 19.8 Å². The van der Waals surface area contributed by atoms with Gasteiger partial charge in [0.15, 0.2) is 0 Å². The van der Waals surface area contributed by atoms with Gasteiger partial charge in [0.1, 0.15) is 0 Å². The lowest BCUT2D eigenvalue weighted by molar-refractivity contribution is -0.265. The highest BCUT2D eigenvalue weighted by atomic mass is 17.2. The Morgan fingerprint density at radius 2 is 1.61 bits per heavy atom. The van der Waals surface area contributed by atoms with Crippen molar-refractivity contribution in [3.8, 4) is 0 Å². The summed E-state index contributed by atoms with van der Waals surface area (Å²) < 4.78 is 0. The minimum Gasteiger partial charge on any atom is -0.478 e. The molecule has 7 nitrogen and oxygen atoms in total. The van der Waals surface area contributed by atoms with E-state index in [0.717, 1.165) is 6.08 Å². The fourth-order valence-corrected chi connectivity index (χ4v) is 0.184. The second kappa shape index (κ2) is 14.8. The minimum absolute atomic E-state index is 0.176. The van der Waals surface area contributed by atoms with Crippen molar-refractivity contribution in [1.82, 2.24) is 0 Å². The Hall–Kier alpha value is -2.24. The van der Waals surface area contributed by atoms with Crippen molar-refractivity contribution in [3.63, 3.8) is 0 Å². The molecule has 0 unspecified atom stereocenters. The Morgan fingerprint density at radius 1 is 1.28 bits per heavy atom. The summed E-state index contributed by atoms with van der Waals surface area (Å²) in [6.07, 6.45) is 0.750. The number of carboxylic acid groups (broad SMARTS) is 1. The predicted octanol–water partition coefficient (Wildman–Crippen LogP) is 1.61. The molecule has 2 N–H and O–H groups in total. The number of nitrogens with one attached hydrogen (secondary N) is 1. The Morgan fingerprint density at radius 3 is 1.78 bits per heavy atom. The topological polar surface area (TPSA) is 114 Å². The van der Waals surface area contributed by atoms with Crippen molar-refractivity contribution in [3.05, 3.63) is 24.3 Å². The highest BCUT2D eigenvalue weighted by molar-refractivity contribution is 5.86. The van der Waals surface area contributed by atoms with E-state index >= 15 is 0 Å². The number of hydrogen-bond acceptors (Lipinski definition) is 6. The molecule has 0 aliphatic heterocycles. The molecular formula is C11H17NO6. The zero-order valence-corrected chi connectivity index (χ0v) is 10.6. The molecule has 0 atom stereocenters. The summed E-state index contributed by atoms with van der Waals surface area (Å²) in [7, 11) is 0. The average Bonchev–Trinajstić information content (AvgIpc) is 2.27. The van der Waals surface area contributed by atoms with Crippen LogP contribution in [0.4, 0.5) is 0 Å². The molecule has 0 aliphatic carbocycles. The third-order valence-electron chi connectivity index (χ3n) is 0.966. The van der Waals surface area contributed by atoms with Crippen LogP contribution in [0.15, 0.2) is 24.3 Å². The second-order valence-corrected chi connectivity index (χ2v) is 2.75. The summed E-state index contributed by atoms with van der Waals surface area (Å²) in [5.41, 5.74) is 0.512.